The molecule has 0 atom stereocenters. The Morgan fingerprint density at radius 1 is 1.04 bits per heavy atom. The number of anilines is 2. The number of aryl methyl sites for hydroxylation is 1. The highest BCUT2D eigenvalue weighted by atomic mass is 16.5. The number of benzene rings is 2. The van der Waals surface area contributed by atoms with Crippen molar-refractivity contribution in [3.05, 3.63) is 78.0 Å². The first-order chi connectivity index (χ1) is 13.6. The van der Waals surface area contributed by atoms with E-state index < -0.39 is 0 Å². The average Bonchev–Trinajstić information content (AvgIpc) is 2.72. The van der Waals surface area contributed by atoms with Gasteiger partial charge in [0.05, 0.1) is 13.7 Å². The van der Waals surface area contributed by atoms with Crippen molar-refractivity contribution in [2.45, 2.75) is 6.92 Å². The average molecular weight is 377 g/mol. The highest BCUT2D eigenvalue weighted by Crippen LogP contribution is 2.17. The second-order valence-electron chi connectivity index (χ2n) is 6.20. The fraction of sp³-hybridized carbons (Fsp3) is 0.182. The van der Waals surface area contributed by atoms with Crippen LogP contribution in [0.2, 0.25) is 0 Å². The number of carbonyl (C=O) groups excluding carboxylic acids is 1. The van der Waals surface area contributed by atoms with Crippen LogP contribution in [0.1, 0.15) is 15.9 Å². The van der Waals surface area contributed by atoms with E-state index in [0.29, 0.717) is 24.5 Å². The minimum Gasteiger partial charge on any atom is -0.497 e. The zero-order valence-electron chi connectivity index (χ0n) is 15.9. The SMILES string of the molecule is COc1ccc(OCCNc2cc(C(=O)Nc3cccc(C)c3)ccn2)cc1. The molecule has 0 fully saturated rings. The number of hydrogen-bond acceptors (Lipinski definition) is 5. The molecule has 2 N–H and O–H groups in total. The Labute approximate surface area is 164 Å². The van der Waals surface area contributed by atoms with Crippen molar-refractivity contribution in [3.8, 4) is 11.5 Å². The third-order valence-electron chi connectivity index (χ3n) is 4.03. The number of amides is 1. The van der Waals surface area contributed by atoms with E-state index in [0.717, 1.165) is 22.7 Å². The fourth-order valence-corrected chi connectivity index (χ4v) is 2.61. The van der Waals surface area contributed by atoms with E-state index in [9.17, 15) is 4.79 Å². The van der Waals surface area contributed by atoms with Gasteiger partial charge in [0, 0.05) is 17.4 Å². The van der Waals surface area contributed by atoms with Crippen LogP contribution < -0.4 is 20.1 Å². The number of nitrogens with one attached hydrogen (secondary N) is 2. The highest BCUT2D eigenvalue weighted by molar-refractivity contribution is 6.04. The Kier molecular flexibility index (Phi) is 6.46. The largest absolute Gasteiger partial charge is 0.497 e. The molecule has 6 heteroatoms. The molecule has 6 nitrogen and oxygen atoms in total. The quantitative estimate of drug-likeness (QED) is 0.577. The minimum absolute atomic E-state index is 0.175. The molecule has 3 aromatic rings. The van der Waals surface area contributed by atoms with Crippen molar-refractivity contribution in [2.24, 2.45) is 0 Å². The van der Waals surface area contributed by atoms with Crippen LogP contribution in [0.25, 0.3) is 0 Å². The molecule has 0 radical (unpaired) electrons. The van der Waals surface area contributed by atoms with Gasteiger partial charge in [-0.1, -0.05) is 12.1 Å². The van der Waals surface area contributed by atoms with Gasteiger partial charge in [-0.25, -0.2) is 4.98 Å². The maximum atomic E-state index is 12.4. The normalized spacial score (nSPS) is 10.2. The van der Waals surface area contributed by atoms with Crippen molar-refractivity contribution in [1.29, 1.82) is 0 Å². The molecule has 144 valence electrons. The van der Waals surface area contributed by atoms with Crippen LogP contribution >= 0.6 is 0 Å². The summed E-state index contributed by atoms with van der Waals surface area (Å²) >= 11 is 0. The van der Waals surface area contributed by atoms with Gasteiger partial charge in [0.1, 0.15) is 23.9 Å². The van der Waals surface area contributed by atoms with E-state index in [4.69, 9.17) is 9.47 Å². The van der Waals surface area contributed by atoms with Gasteiger partial charge in [-0.3, -0.25) is 4.79 Å². The molecule has 0 bridgehead atoms. The summed E-state index contributed by atoms with van der Waals surface area (Å²) in [7, 11) is 1.63. The van der Waals surface area contributed by atoms with Crippen LogP contribution in [-0.2, 0) is 0 Å². The van der Waals surface area contributed by atoms with Gasteiger partial charge in [-0.15, -0.1) is 0 Å². The van der Waals surface area contributed by atoms with Crippen molar-refractivity contribution in [3.63, 3.8) is 0 Å². The summed E-state index contributed by atoms with van der Waals surface area (Å²) in [5, 5.41) is 6.06. The summed E-state index contributed by atoms with van der Waals surface area (Å²) in [6, 6.07) is 18.5. The summed E-state index contributed by atoms with van der Waals surface area (Å²) in [6.07, 6.45) is 1.61. The van der Waals surface area contributed by atoms with Gasteiger partial charge in [-0.2, -0.15) is 0 Å². The molecule has 1 aromatic heterocycles. The summed E-state index contributed by atoms with van der Waals surface area (Å²) in [5.41, 5.74) is 2.39. The summed E-state index contributed by atoms with van der Waals surface area (Å²) in [4.78, 5) is 16.7. The molecule has 0 aliphatic heterocycles. The second kappa shape index (κ2) is 9.41. The van der Waals surface area contributed by atoms with E-state index in [-0.39, 0.29) is 5.91 Å². The van der Waals surface area contributed by atoms with Crippen molar-refractivity contribution in [1.82, 2.24) is 4.98 Å². The predicted molar refractivity (Wildman–Crippen MR) is 110 cm³/mol. The van der Waals surface area contributed by atoms with E-state index in [1.54, 1.807) is 25.4 Å². The van der Waals surface area contributed by atoms with Crippen LogP contribution in [0.3, 0.4) is 0 Å². The van der Waals surface area contributed by atoms with Crippen LogP contribution in [0.15, 0.2) is 66.9 Å². The first-order valence-corrected chi connectivity index (χ1v) is 8.99. The summed E-state index contributed by atoms with van der Waals surface area (Å²) < 4.78 is 10.8. The first kappa shape index (κ1) is 19.2. The monoisotopic (exact) mass is 377 g/mol. The number of methoxy groups -OCH3 is 1. The number of aromatic nitrogens is 1. The Bertz CT molecular complexity index is 926. The molecular formula is C22H23N3O3. The van der Waals surface area contributed by atoms with Gasteiger partial charge in [-0.05, 0) is 61.0 Å². The Balaban J connectivity index is 1.50. The van der Waals surface area contributed by atoms with Gasteiger partial charge in [0.2, 0.25) is 0 Å². The van der Waals surface area contributed by atoms with Crippen molar-refractivity contribution >= 4 is 17.4 Å². The van der Waals surface area contributed by atoms with Crippen molar-refractivity contribution in [2.75, 3.05) is 30.9 Å². The minimum atomic E-state index is -0.175. The number of pyridine rings is 1. The lowest BCUT2D eigenvalue weighted by atomic mass is 10.2. The molecular weight excluding hydrogens is 354 g/mol. The number of nitrogens with zero attached hydrogens (tertiary/aromatic N) is 1. The second-order valence-corrected chi connectivity index (χ2v) is 6.20. The number of ether oxygens (including phenoxy) is 2. The molecule has 0 saturated heterocycles. The Morgan fingerprint density at radius 2 is 1.82 bits per heavy atom. The molecule has 28 heavy (non-hydrogen) atoms. The lowest BCUT2D eigenvalue weighted by molar-refractivity contribution is 0.102. The van der Waals surface area contributed by atoms with Crippen LogP contribution in [0, 0.1) is 6.92 Å². The zero-order valence-corrected chi connectivity index (χ0v) is 15.9. The van der Waals surface area contributed by atoms with E-state index in [2.05, 4.69) is 15.6 Å². The summed E-state index contributed by atoms with van der Waals surface area (Å²) in [6.45, 7) is 3.01. The third-order valence-corrected chi connectivity index (χ3v) is 4.03. The van der Waals surface area contributed by atoms with E-state index in [1.807, 2.05) is 55.5 Å². The lowest BCUT2D eigenvalue weighted by Gasteiger charge is -2.10. The van der Waals surface area contributed by atoms with Crippen LogP contribution in [0.5, 0.6) is 11.5 Å². The lowest BCUT2D eigenvalue weighted by Crippen LogP contribution is -2.15. The predicted octanol–water partition coefficient (Wildman–Crippen LogP) is 4.14. The molecule has 0 aliphatic rings. The molecule has 1 heterocycles. The number of carbonyl (C=O) groups is 1. The van der Waals surface area contributed by atoms with E-state index >= 15 is 0 Å². The zero-order chi connectivity index (χ0) is 19.8. The molecule has 3 rings (SSSR count). The molecule has 1 amide bonds. The van der Waals surface area contributed by atoms with Crippen LogP contribution in [0.4, 0.5) is 11.5 Å². The molecule has 0 unspecified atom stereocenters. The van der Waals surface area contributed by atoms with E-state index in [1.165, 1.54) is 0 Å². The van der Waals surface area contributed by atoms with Gasteiger partial charge in [0.15, 0.2) is 0 Å². The fourth-order valence-electron chi connectivity index (χ4n) is 2.61. The van der Waals surface area contributed by atoms with Gasteiger partial charge >= 0.3 is 0 Å². The first-order valence-electron chi connectivity index (χ1n) is 8.99. The molecule has 0 aliphatic carbocycles. The van der Waals surface area contributed by atoms with Crippen molar-refractivity contribution < 1.29 is 14.3 Å². The molecule has 0 spiro atoms. The van der Waals surface area contributed by atoms with Gasteiger partial charge in [0.25, 0.3) is 5.91 Å². The Morgan fingerprint density at radius 3 is 2.57 bits per heavy atom. The Hall–Kier alpha value is -3.54. The van der Waals surface area contributed by atoms with Gasteiger partial charge < -0.3 is 20.1 Å². The standard InChI is InChI=1S/C22H23N3O3/c1-16-4-3-5-18(14-16)25-22(26)17-10-11-23-21(15-17)24-12-13-28-20-8-6-19(27-2)7-9-20/h3-11,14-15H,12-13H2,1-2H3,(H,23,24)(H,25,26). The van der Waals surface area contributed by atoms with Crippen LogP contribution in [-0.4, -0.2) is 31.2 Å². The maximum Gasteiger partial charge on any atom is 0.255 e. The summed E-state index contributed by atoms with van der Waals surface area (Å²) in [5.74, 6) is 2.00. The molecule has 0 saturated carbocycles. The number of hydrogen-bond donors (Lipinski definition) is 2. The maximum absolute atomic E-state index is 12.4. The third kappa shape index (κ3) is 5.48. The molecule has 2 aromatic carbocycles. The smallest absolute Gasteiger partial charge is 0.255 e. The number of rotatable bonds is 8. The highest BCUT2D eigenvalue weighted by Gasteiger charge is 2.07. The topological polar surface area (TPSA) is 72.5 Å².